The van der Waals surface area contributed by atoms with E-state index in [-0.39, 0.29) is 4.73 Å². The highest BCUT2D eigenvalue weighted by Crippen LogP contribution is 2.33. The number of hydrogen-bond donors (Lipinski definition) is 1. The number of aryl methyl sites for hydroxylation is 2. The van der Waals surface area contributed by atoms with Crippen LogP contribution < -0.4 is 11.2 Å². The third kappa shape index (κ3) is 2.35. The molecule has 1 aliphatic rings. The first-order valence-electron chi connectivity index (χ1n) is 7.67. The summed E-state index contributed by atoms with van der Waals surface area (Å²) < 4.78 is 1.80. The van der Waals surface area contributed by atoms with Crippen LogP contribution in [0.3, 0.4) is 0 Å². The quantitative estimate of drug-likeness (QED) is 0.572. The van der Waals surface area contributed by atoms with E-state index < -0.39 is 11.2 Å². The Morgan fingerprint density at radius 2 is 2.00 bits per heavy atom. The average molecular weight is 348 g/mol. The smallest absolute Gasteiger partial charge is 0.365 e. The molecule has 3 heterocycles. The van der Waals surface area contributed by atoms with Gasteiger partial charge in [0.2, 0.25) is 0 Å². The van der Waals surface area contributed by atoms with Gasteiger partial charge in [-0.05, 0) is 53.6 Å². The molecule has 3 aromatic rings. The topological polar surface area (TPSA) is 64.2 Å². The molecule has 0 aromatic carbocycles. The van der Waals surface area contributed by atoms with Gasteiger partial charge in [-0.25, -0.2) is 4.79 Å². The number of aromatic nitrogens is 2. The third-order valence-corrected chi connectivity index (χ3v) is 6.43. The van der Waals surface area contributed by atoms with Crippen LogP contribution >= 0.6 is 22.7 Å². The summed E-state index contributed by atoms with van der Waals surface area (Å²) in [4.78, 5) is 26.7. The minimum atomic E-state index is -0.662. The molecule has 4 rings (SSSR count). The summed E-state index contributed by atoms with van der Waals surface area (Å²) in [5.41, 5.74) is 0.797. The van der Waals surface area contributed by atoms with Crippen molar-refractivity contribution >= 4 is 32.9 Å². The van der Waals surface area contributed by atoms with Gasteiger partial charge in [-0.2, -0.15) is 11.3 Å². The van der Waals surface area contributed by atoms with Gasteiger partial charge in [0.1, 0.15) is 4.83 Å². The Labute approximate surface area is 140 Å². The van der Waals surface area contributed by atoms with Crippen molar-refractivity contribution < 1.29 is 5.21 Å². The number of fused-ring (bicyclic) bond motifs is 3. The van der Waals surface area contributed by atoms with Gasteiger partial charge in [-0.3, -0.25) is 9.36 Å². The molecular weight excluding hydrogens is 332 g/mol. The van der Waals surface area contributed by atoms with Crippen molar-refractivity contribution in [3.05, 3.63) is 53.7 Å². The summed E-state index contributed by atoms with van der Waals surface area (Å²) in [6.07, 6.45) is 5.12. The van der Waals surface area contributed by atoms with E-state index in [4.69, 9.17) is 0 Å². The first kappa shape index (κ1) is 14.7. The first-order chi connectivity index (χ1) is 11.2. The minimum Gasteiger partial charge on any atom is -0.421 e. The average Bonchev–Trinajstić information content (AvgIpc) is 3.12. The van der Waals surface area contributed by atoms with Gasteiger partial charge >= 0.3 is 5.69 Å². The van der Waals surface area contributed by atoms with Crippen LogP contribution in [0.1, 0.15) is 35.3 Å². The number of thiophene rings is 2. The highest BCUT2D eigenvalue weighted by molar-refractivity contribution is 7.18. The fourth-order valence-corrected chi connectivity index (χ4v) is 5.27. The van der Waals surface area contributed by atoms with Crippen molar-refractivity contribution in [1.29, 1.82) is 0 Å². The van der Waals surface area contributed by atoms with Crippen molar-refractivity contribution in [1.82, 2.24) is 9.30 Å². The first-order valence-corrected chi connectivity index (χ1v) is 9.43. The summed E-state index contributed by atoms with van der Waals surface area (Å²) in [5, 5.41) is 14.4. The Kier molecular flexibility index (Phi) is 3.61. The van der Waals surface area contributed by atoms with Crippen LogP contribution in [-0.2, 0) is 19.4 Å². The lowest BCUT2D eigenvalue weighted by molar-refractivity contribution is 0.158. The predicted molar refractivity (Wildman–Crippen MR) is 92.2 cm³/mol. The molecule has 0 saturated heterocycles. The molecule has 0 fully saturated rings. The van der Waals surface area contributed by atoms with Gasteiger partial charge in [-0.15, -0.1) is 11.3 Å². The van der Waals surface area contributed by atoms with Crippen molar-refractivity contribution in [3.8, 4) is 0 Å². The zero-order valence-electron chi connectivity index (χ0n) is 12.4. The largest absolute Gasteiger partial charge is 0.421 e. The summed E-state index contributed by atoms with van der Waals surface area (Å²) in [6, 6.07) is 1.95. The van der Waals surface area contributed by atoms with Gasteiger partial charge in [0, 0.05) is 4.88 Å². The molecule has 0 atom stereocenters. The van der Waals surface area contributed by atoms with Crippen LogP contribution in [-0.4, -0.2) is 14.5 Å². The predicted octanol–water partition coefficient (Wildman–Crippen LogP) is 2.84. The Balaban J connectivity index is 2.02. The SMILES string of the molecule is O=c1c2c3c(sc2n(Cc2ccsc2)c(=O)n1O)CCCCC3. The maximum absolute atomic E-state index is 12.5. The monoisotopic (exact) mass is 348 g/mol. The van der Waals surface area contributed by atoms with E-state index in [1.807, 2.05) is 16.8 Å². The fraction of sp³-hybridized carbons (Fsp3) is 0.375. The van der Waals surface area contributed by atoms with Crippen LogP contribution in [0.2, 0.25) is 0 Å². The third-order valence-electron chi connectivity index (χ3n) is 4.39. The summed E-state index contributed by atoms with van der Waals surface area (Å²) in [5.74, 6) is 0. The summed E-state index contributed by atoms with van der Waals surface area (Å²) in [6.45, 7) is 0.374. The molecule has 0 aliphatic heterocycles. The van der Waals surface area contributed by atoms with Gasteiger partial charge in [0.15, 0.2) is 0 Å². The Morgan fingerprint density at radius 3 is 2.78 bits per heavy atom. The van der Waals surface area contributed by atoms with Crippen molar-refractivity contribution in [2.24, 2.45) is 0 Å². The van der Waals surface area contributed by atoms with Gasteiger partial charge in [0.25, 0.3) is 5.56 Å². The molecule has 7 heteroatoms. The lowest BCUT2D eigenvalue weighted by Gasteiger charge is -2.08. The summed E-state index contributed by atoms with van der Waals surface area (Å²) in [7, 11) is 0. The Bertz CT molecular complexity index is 980. The van der Waals surface area contributed by atoms with Gasteiger partial charge in [0.05, 0.1) is 11.9 Å². The maximum atomic E-state index is 12.5. The summed E-state index contributed by atoms with van der Waals surface area (Å²) >= 11 is 3.11. The van der Waals surface area contributed by atoms with Crippen molar-refractivity contribution in [2.75, 3.05) is 0 Å². The van der Waals surface area contributed by atoms with Gasteiger partial charge < -0.3 is 5.21 Å². The van der Waals surface area contributed by atoms with Gasteiger partial charge in [-0.1, -0.05) is 11.2 Å². The number of hydrogen-bond acceptors (Lipinski definition) is 5. The Hall–Kier alpha value is -1.86. The zero-order valence-corrected chi connectivity index (χ0v) is 14.1. The fourth-order valence-electron chi connectivity index (χ4n) is 3.24. The lowest BCUT2D eigenvalue weighted by Crippen LogP contribution is -2.38. The molecule has 1 N–H and O–H groups in total. The Morgan fingerprint density at radius 1 is 1.17 bits per heavy atom. The molecular formula is C16H16N2O3S2. The second kappa shape index (κ2) is 5.65. The van der Waals surface area contributed by atoms with Crippen LogP contribution in [0.4, 0.5) is 0 Å². The van der Waals surface area contributed by atoms with Crippen LogP contribution in [0.15, 0.2) is 26.4 Å². The van der Waals surface area contributed by atoms with Crippen LogP contribution in [0, 0.1) is 0 Å². The standard InChI is InChI=1S/C16H16N2O3S2/c19-14-13-11-4-2-1-3-5-12(11)23-15(13)17(16(20)18(14)21)8-10-6-7-22-9-10/h6-7,9,21H,1-5,8H2. The van der Waals surface area contributed by atoms with E-state index in [1.54, 1.807) is 22.7 Å². The van der Waals surface area contributed by atoms with Crippen molar-refractivity contribution in [2.45, 2.75) is 38.6 Å². The van der Waals surface area contributed by atoms with E-state index in [9.17, 15) is 14.8 Å². The van der Waals surface area contributed by atoms with E-state index in [2.05, 4.69) is 0 Å². The molecule has 0 radical (unpaired) electrons. The second-order valence-electron chi connectivity index (χ2n) is 5.86. The van der Waals surface area contributed by atoms with E-state index >= 15 is 0 Å². The second-order valence-corrected chi connectivity index (χ2v) is 7.73. The zero-order chi connectivity index (χ0) is 16.0. The van der Waals surface area contributed by atoms with E-state index in [0.717, 1.165) is 43.2 Å². The molecule has 0 amide bonds. The number of nitrogens with zero attached hydrogens (tertiary/aromatic N) is 2. The van der Waals surface area contributed by atoms with Crippen LogP contribution in [0.5, 0.6) is 0 Å². The molecule has 3 aromatic heterocycles. The van der Waals surface area contributed by atoms with Crippen molar-refractivity contribution in [3.63, 3.8) is 0 Å². The molecule has 0 spiro atoms. The highest BCUT2D eigenvalue weighted by Gasteiger charge is 2.22. The van der Waals surface area contributed by atoms with E-state index in [1.165, 1.54) is 9.44 Å². The molecule has 0 saturated carbocycles. The molecule has 0 bridgehead atoms. The maximum Gasteiger partial charge on any atom is 0.365 e. The minimum absolute atomic E-state index is 0.270. The molecule has 0 unspecified atom stereocenters. The molecule has 23 heavy (non-hydrogen) atoms. The highest BCUT2D eigenvalue weighted by atomic mass is 32.1. The lowest BCUT2D eigenvalue weighted by atomic mass is 10.1. The normalized spacial score (nSPS) is 14.8. The van der Waals surface area contributed by atoms with Crippen LogP contribution in [0.25, 0.3) is 10.2 Å². The number of rotatable bonds is 2. The van der Waals surface area contributed by atoms with E-state index in [0.29, 0.717) is 16.8 Å². The molecule has 5 nitrogen and oxygen atoms in total. The molecule has 120 valence electrons. The molecule has 1 aliphatic carbocycles.